The highest BCUT2D eigenvalue weighted by molar-refractivity contribution is 7.91. The van der Waals surface area contributed by atoms with E-state index in [0.29, 0.717) is 26.1 Å². The Morgan fingerprint density at radius 3 is 2.32 bits per heavy atom. The van der Waals surface area contributed by atoms with Crippen LogP contribution in [0.5, 0.6) is 11.5 Å². The number of sulfone groups is 1. The maximum Gasteiger partial charge on any atom is 0.151 e. The summed E-state index contributed by atoms with van der Waals surface area (Å²) in [4.78, 5) is 2.07. The van der Waals surface area contributed by atoms with Crippen LogP contribution in [0.1, 0.15) is 30.0 Å². The Morgan fingerprint density at radius 1 is 1.06 bits per heavy atom. The molecule has 3 rings (SSSR count). The lowest BCUT2D eigenvalue weighted by atomic mass is 10.1. The zero-order valence-corrected chi connectivity index (χ0v) is 19.4. The van der Waals surface area contributed by atoms with Crippen molar-refractivity contribution in [2.24, 2.45) is 0 Å². The summed E-state index contributed by atoms with van der Waals surface area (Å²) in [5.74, 6) is 1.88. The van der Waals surface area contributed by atoms with E-state index in [1.165, 1.54) is 0 Å². The van der Waals surface area contributed by atoms with E-state index in [-0.39, 0.29) is 24.2 Å². The Hall–Kier alpha value is -2.09. The maximum absolute atomic E-state index is 12.0. The minimum absolute atomic E-state index is 0.104. The fourth-order valence-corrected chi connectivity index (χ4v) is 5.79. The van der Waals surface area contributed by atoms with Crippen molar-refractivity contribution in [1.29, 1.82) is 0 Å². The van der Waals surface area contributed by atoms with Gasteiger partial charge in [-0.05, 0) is 68.1 Å². The average Bonchev–Trinajstić information content (AvgIpc) is 3.07. The summed E-state index contributed by atoms with van der Waals surface area (Å²) in [6, 6.07) is 13.7. The van der Waals surface area contributed by atoms with Crippen molar-refractivity contribution in [3.05, 3.63) is 59.2 Å². The van der Waals surface area contributed by atoms with Crippen LogP contribution in [0.25, 0.3) is 0 Å². The van der Waals surface area contributed by atoms with Gasteiger partial charge < -0.3 is 14.6 Å². The van der Waals surface area contributed by atoms with Crippen LogP contribution in [0.3, 0.4) is 0 Å². The molecule has 31 heavy (non-hydrogen) atoms. The van der Waals surface area contributed by atoms with Crippen LogP contribution >= 0.6 is 0 Å². The third kappa shape index (κ3) is 7.23. The molecule has 0 amide bonds. The number of aryl methyl sites for hydroxylation is 2. The Labute approximate surface area is 185 Å². The van der Waals surface area contributed by atoms with Crippen molar-refractivity contribution >= 4 is 9.84 Å². The molecule has 0 saturated carbocycles. The molecule has 2 aromatic rings. The highest BCUT2D eigenvalue weighted by atomic mass is 32.2. The molecule has 0 spiro atoms. The maximum atomic E-state index is 12.0. The second-order valence-corrected chi connectivity index (χ2v) is 10.6. The highest BCUT2D eigenvalue weighted by Crippen LogP contribution is 2.22. The van der Waals surface area contributed by atoms with Gasteiger partial charge in [0.25, 0.3) is 0 Å². The van der Waals surface area contributed by atoms with E-state index in [0.717, 1.165) is 28.2 Å². The number of hydrogen-bond donors (Lipinski definition) is 1. The van der Waals surface area contributed by atoms with Gasteiger partial charge in [-0.15, -0.1) is 0 Å². The fraction of sp³-hybridized carbons (Fsp3) is 0.500. The van der Waals surface area contributed by atoms with Gasteiger partial charge in [-0.2, -0.15) is 0 Å². The van der Waals surface area contributed by atoms with Crippen molar-refractivity contribution in [1.82, 2.24) is 4.90 Å². The second-order valence-electron chi connectivity index (χ2n) is 8.35. The number of aliphatic hydroxyl groups excluding tert-OH is 1. The Bertz CT molecular complexity index is 938. The topological polar surface area (TPSA) is 76.1 Å². The van der Waals surface area contributed by atoms with E-state index in [1.807, 2.05) is 57.2 Å². The molecule has 170 valence electrons. The number of nitrogens with zero attached hydrogens (tertiary/aromatic N) is 1. The number of aliphatic hydroxyl groups is 1. The van der Waals surface area contributed by atoms with Gasteiger partial charge in [-0.25, -0.2) is 8.42 Å². The van der Waals surface area contributed by atoms with E-state index >= 15 is 0 Å². The molecular weight excluding hydrogens is 414 g/mol. The molecule has 0 bridgehead atoms. The monoisotopic (exact) mass is 447 g/mol. The molecular formula is C24H33NO5S. The van der Waals surface area contributed by atoms with Crippen LogP contribution in [0.2, 0.25) is 0 Å². The van der Waals surface area contributed by atoms with Crippen LogP contribution < -0.4 is 9.47 Å². The number of benzene rings is 2. The summed E-state index contributed by atoms with van der Waals surface area (Å²) in [5, 5.41) is 10.7. The lowest BCUT2D eigenvalue weighted by Crippen LogP contribution is -2.42. The highest BCUT2D eigenvalue weighted by Gasteiger charge is 2.33. The molecule has 0 aromatic heterocycles. The smallest absolute Gasteiger partial charge is 0.151 e. The predicted molar refractivity (Wildman–Crippen MR) is 122 cm³/mol. The predicted octanol–water partition coefficient (Wildman–Crippen LogP) is 3.13. The lowest BCUT2D eigenvalue weighted by molar-refractivity contribution is 0.0524. The molecule has 7 heteroatoms. The van der Waals surface area contributed by atoms with E-state index in [2.05, 4.69) is 11.0 Å². The summed E-state index contributed by atoms with van der Waals surface area (Å²) in [5.41, 5.74) is 3.27. The Balaban J connectivity index is 1.65. The molecule has 1 heterocycles. The van der Waals surface area contributed by atoms with Crippen molar-refractivity contribution in [2.75, 3.05) is 31.3 Å². The number of rotatable bonds is 10. The number of ether oxygens (including phenoxy) is 2. The molecule has 0 aliphatic carbocycles. The summed E-state index contributed by atoms with van der Waals surface area (Å²) in [6.45, 7) is 7.63. The zero-order valence-electron chi connectivity index (χ0n) is 18.6. The molecule has 1 fully saturated rings. The van der Waals surface area contributed by atoms with Gasteiger partial charge in [0.2, 0.25) is 0 Å². The SMILES string of the molecule is CCOc1ccc(CN(CC(O)COc2cc(C)cc(C)c2)C2CCS(=O)(=O)C2)cc1. The molecule has 2 atom stereocenters. The van der Waals surface area contributed by atoms with Gasteiger partial charge in [-0.1, -0.05) is 18.2 Å². The molecule has 0 radical (unpaired) electrons. The second kappa shape index (κ2) is 10.5. The molecule has 6 nitrogen and oxygen atoms in total. The van der Waals surface area contributed by atoms with Gasteiger partial charge >= 0.3 is 0 Å². The first-order valence-electron chi connectivity index (χ1n) is 10.8. The third-order valence-electron chi connectivity index (χ3n) is 5.43. The first-order valence-corrected chi connectivity index (χ1v) is 12.6. The average molecular weight is 448 g/mol. The lowest BCUT2D eigenvalue weighted by Gasteiger charge is -2.30. The zero-order chi connectivity index (χ0) is 22.4. The van der Waals surface area contributed by atoms with Crippen LogP contribution in [-0.2, 0) is 16.4 Å². The van der Waals surface area contributed by atoms with Crippen molar-refractivity contribution in [2.45, 2.75) is 45.9 Å². The van der Waals surface area contributed by atoms with Crippen LogP contribution in [0.15, 0.2) is 42.5 Å². The van der Waals surface area contributed by atoms with Gasteiger partial charge in [0.05, 0.1) is 18.1 Å². The summed E-state index contributed by atoms with van der Waals surface area (Å²) < 4.78 is 35.4. The molecule has 1 N–H and O–H groups in total. The summed E-state index contributed by atoms with van der Waals surface area (Å²) >= 11 is 0. The minimum atomic E-state index is -3.02. The van der Waals surface area contributed by atoms with E-state index in [1.54, 1.807) is 0 Å². The normalized spacial score (nSPS) is 18.8. The molecule has 1 saturated heterocycles. The first-order chi connectivity index (χ1) is 14.7. The standard InChI is InChI=1S/C24H33NO5S/c1-4-29-23-7-5-20(6-8-23)14-25(21-9-10-31(27,28)17-21)15-22(26)16-30-24-12-18(2)11-19(3)13-24/h5-8,11-13,21-22,26H,4,9-10,14-17H2,1-3H3. The number of hydrogen-bond acceptors (Lipinski definition) is 6. The van der Waals surface area contributed by atoms with Crippen molar-refractivity contribution in [3.8, 4) is 11.5 Å². The third-order valence-corrected chi connectivity index (χ3v) is 7.18. The van der Waals surface area contributed by atoms with Gasteiger partial charge in [0.15, 0.2) is 9.84 Å². The minimum Gasteiger partial charge on any atom is -0.494 e. The van der Waals surface area contributed by atoms with Crippen molar-refractivity contribution in [3.63, 3.8) is 0 Å². The summed E-state index contributed by atoms with van der Waals surface area (Å²) in [7, 11) is -3.02. The van der Waals surface area contributed by atoms with E-state index in [9.17, 15) is 13.5 Å². The fourth-order valence-electron chi connectivity index (χ4n) is 4.03. The van der Waals surface area contributed by atoms with Crippen molar-refractivity contribution < 1.29 is 23.0 Å². The van der Waals surface area contributed by atoms with Gasteiger partial charge in [0.1, 0.15) is 24.2 Å². The Kier molecular flexibility index (Phi) is 7.97. The van der Waals surface area contributed by atoms with Crippen LogP contribution in [-0.4, -0.2) is 61.8 Å². The molecule has 2 unspecified atom stereocenters. The molecule has 1 aliphatic rings. The molecule has 1 aliphatic heterocycles. The Morgan fingerprint density at radius 2 is 1.74 bits per heavy atom. The largest absolute Gasteiger partial charge is 0.494 e. The quantitative estimate of drug-likeness (QED) is 0.603. The van der Waals surface area contributed by atoms with E-state index < -0.39 is 15.9 Å². The molecule has 2 aromatic carbocycles. The van der Waals surface area contributed by atoms with E-state index in [4.69, 9.17) is 9.47 Å². The van der Waals surface area contributed by atoms with Gasteiger partial charge in [-0.3, -0.25) is 4.90 Å². The van der Waals surface area contributed by atoms with Gasteiger partial charge in [0, 0.05) is 19.1 Å². The van der Waals surface area contributed by atoms with Crippen LogP contribution in [0.4, 0.5) is 0 Å². The van der Waals surface area contributed by atoms with Crippen LogP contribution in [0, 0.1) is 13.8 Å². The first kappa shape index (κ1) is 23.6. The summed E-state index contributed by atoms with van der Waals surface area (Å²) in [6.07, 6.45) is -0.142.